The van der Waals surface area contributed by atoms with E-state index in [1.165, 1.54) is 12.1 Å². The van der Waals surface area contributed by atoms with E-state index < -0.39 is 0 Å². The lowest BCUT2D eigenvalue weighted by Crippen LogP contribution is -2.29. The predicted octanol–water partition coefficient (Wildman–Crippen LogP) is 3.53. The number of hydrazine groups is 1. The molecule has 0 saturated heterocycles. The second-order valence-electron chi connectivity index (χ2n) is 4.61. The average molecular weight is 279 g/mol. The van der Waals surface area contributed by atoms with Crippen molar-refractivity contribution in [2.45, 2.75) is 19.4 Å². The second kappa shape index (κ2) is 6.15. The van der Waals surface area contributed by atoms with Crippen LogP contribution in [0.25, 0.3) is 0 Å². The molecule has 0 aromatic heterocycles. The Morgan fingerprint density at radius 2 is 1.89 bits per heavy atom. The van der Waals surface area contributed by atoms with E-state index in [0.29, 0.717) is 11.4 Å². The highest BCUT2D eigenvalue weighted by Gasteiger charge is 2.12. The van der Waals surface area contributed by atoms with E-state index in [1.807, 2.05) is 37.3 Å². The number of rotatable bonds is 4. The summed E-state index contributed by atoms with van der Waals surface area (Å²) >= 11 is 5.85. The fraction of sp³-hybridized carbons (Fsp3) is 0.200. The largest absolute Gasteiger partial charge is 0.271 e. The number of aryl methyl sites for hydroxylation is 1. The van der Waals surface area contributed by atoms with Crippen LogP contribution >= 0.6 is 11.6 Å². The van der Waals surface area contributed by atoms with Crippen molar-refractivity contribution in [2.75, 3.05) is 0 Å². The molecule has 2 aromatic rings. The number of hydrogen-bond donors (Lipinski definition) is 2. The third-order valence-corrected chi connectivity index (χ3v) is 3.27. The van der Waals surface area contributed by atoms with Gasteiger partial charge in [-0.3, -0.25) is 11.3 Å². The topological polar surface area (TPSA) is 38.0 Å². The Bertz CT molecular complexity index is 534. The summed E-state index contributed by atoms with van der Waals surface area (Å²) in [5.41, 5.74) is 5.55. The minimum absolute atomic E-state index is 0.129. The average Bonchev–Trinajstić information content (AvgIpc) is 2.37. The van der Waals surface area contributed by atoms with E-state index in [0.717, 1.165) is 16.7 Å². The highest BCUT2D eigenvalue weighted by atomic mass is 35.5. The van der Waals surface area contributed by atoms with Gasteiger partial charge in [-0.05, 0) is 54.3 Å². The standard InChI is InChI=1S/C15H16ClFN2/c1-10-6-12(9-14(17)7-10)15(19-18)8-11-2-4-13(16)5-3-11/h2-7,9,15,19H,8,18H2,1H3. The molecule has 1 atom stereocenters. The Kier molecular flexibility index (Phi) is 4.53. The van der Waals surface area contributed by atoms with E-state index in [2.05, 4.69) is 5.43 Å². The van der Waals surface area contributed by atoms with Crippen LogP contribution in [-0.4, -0.2) is 0 Å². The quantitative estimate of drug-likeness (QED) is 0.663. The van der Waals surface area contributed by atoms with E-state index in [4.69, 9.17) is 17.4 Å². The van der Waals surface area contributed by atoms with Gasteiger partial charge in [0, 0.05) is 5.02 Å². The van der Waals surface area contributed by atoms with Crippen LogP contribution in [0.3, 0.4) is 0 Å². The highest BCUT2D eigenvalue weighted by Crippen LogP contribution is 2.21. The van der Waals surface area contributed by atoms with Gasteiger partial charge in [-0.25, -0.2) is 4.39 Å². The molecule has 0 heterocycles. The first-order chi connectivity index (χ1) is 9.08. The summed E-state index contributed by atoms with van der Waals surface area (Å²) in [5, 5.41) is 0.697. The molecule has 0 aliphatic heterocycles. The molecule has 4 heteroatoms. The smallest absolute Gasteiger partial charge is 0.123 e. The molecule has 0 aliphatic carbocycles. The Balaban J connectivity index is 2.22. The molecule has 0 fully saturated rings. The van der Waals surface area contributed by atoms with Crippen molar-refractivity contribution < 1.29 is 4.39 Å². The third-order valence-electron chi connectivity index (χ3n) is 3.02. The Hall–Kier alpha value is -1.42. The Labute approximate surface area is 117 Å². The summed E-state index contributed by atoms with van der Waals surface area (Å²) in [6.45, 7) is 1.86. The Morgan fingerprint density at radius 3 is 2.47 bits per heavy atom. The number of halogens is 2. The lowest BCUT2D eigenvalue weighted by Gasteiger charge is -2.17. The van der Waals surface area contributed by atoms with Gasteiger partial charge in [-0.2, -0.15) is 0 Å². The molecular formula is C15H16ClFN2. The van der Waals surface area contributed by atoms with Gasteiger partial charge in [0.05, 0.1) is 6.04 Å². The minimum atomic E-state index is -0.244. The first-order valence-electron chi connectivity index (χ1n) is 6.06. The number of nitrogens with one attached hydrogen (secondary N) is 1. The van der Waals surface area contributed by atoms with Crippen molar-refractivity contribution in [3.63, 3.8) is 0 Å². The van der Waals surface area contributed by atoms with Crippen molar-refractivity contribution in [3.8, 4) is 0 Å². The molecule has 2 nitrogen and oxygen atoms in total. The molecule has 0 bridgehead atoms. The highest BCUT2D eigenvalue weighted by molar-refractivity contribution is 6.30. The van der Waals surface area contributed by atoms with Gasteiger partial charge in [0.2, 0.25) is 0 Å². The zero-order chi connectivity index (χ0) is 13.8. The molecule has 0 aliphatic rings. The van der Waals surface area contributed by atoms with Gasteiger partial charge in [-0.15, -0.1) is 0 Å². The molecule has 0 amide bonds. The first-order valence-corrected chi connectivity index (χ1v) is 6.44. The lowest BCUT2D eigenvalue weighted by atomic mass is 9.98. The summed E-state index contributed by atoms with van der Waals surface area (Å²) in [7, 11) is 0. The van der Waals surface area contributed by atoms with Gasteiger partial charge in [0.25, 0.3) is 0 Å². The van der Waals surface area contributed by atoms with Gasteiger partial charge in [0.1, 0.15) is 5.82 Å². The third kappa shape index (κ3) is 3.77. The van der Waals surface area contributed by atoms with Crippen molar-refractivity contribution in [2.24, 2.45) is 5.84 Å². The van der Waals surface area contributed by atoms with E-state index in [9.17, 15) is 4.39 Å². The van der Waals surface area contributed by atoms with Crippen LogP contribution in [-0.2, 0) is 6.42 Å². The minimum Gasteiger partial charge on any atom is -0.271 e. The number of hydrogen-bond acceptors (Lipinski definition) is 2. The molecular weight excluding hydrogens is 263 g/mol. The molecule has 3 N–H and O–H groups in total. The predicted molar refractivity (Wildman–Crippen MR) is 76.4 cm³/mol. The molecule has 0 saturated carbocycles. The fourth-order valence-electron chi connectivity index (χ4n) is 2.09. The molecule has 2 rings (SSSR count). The summed E-state index contributed by atoms with van der Waals surface area (Å²) < 4.78 is 13.4. The molecule has 100 valence electrons. The van der Waals surface area contributed by atoms with E-state index in [-0.39, 0.29) is 11.9 Å². The van der Waals surface area contributed by atoms with Crippen molar-refractivity contribution in [3.05, 3.63) is 70.0 Å². The van der Waals surface area contributed by atoms with Gasteiger partial charge in [-0.1, -0.05) is 29.8 Å². The van der Waals surface area contributed by atoms with Gasteiger partial charge < -0.3 is 0 Å². The van der Waals surface area contributed by atoms with Crippen LogP contribution in [0.15, 0.2) is 42.5 Å². The monoisotopic (exact) mass is 278 g/mol. The summed E-state index contributed by atoms with van der Waals surface area (Å²) in [5.74, 6) is 5.34. The summed E-state index contributed by atoms with van der Waals surface area (Å²) in [4.78, 5) is 0. The van der Waals surface area contributed by atoms with Crippen molar-refractivity contribution in [1.29, 1.82) is 0 Å². The molecule has 19 heavy (non-hydrogen) atoms. The second-order valence-corrected chi connectivity index (χ2v) is 5.05. The van der Waals surface area contributed by atoms with Crippen molar-refractivity contribution >= 4 is 11.6 Å². The number of benzene rings is 2. The van der Waals surface area contributed by atoms with E-state index in [1.54, 1.807) is 0 Å². The summed E-state index contributed by atoms with van der Waals surface area (Å²) in [6.07, 6.45) is 0.677. The molecule has 2 aromatic carbocycles. The number of nitrogens with two attached hydrogens (primary N) is 1. The van der Waals surface area contributed by atoms with Crippen LogP contribution < -0.4 is 11.3 Å². The molecule has 1 unspecified atom stereocenters. The zero-order valence-electron chi connectivity index (χ0n) is 10.7. The van der Waals surface area contributed by atoms with Crippen LogP contribution in [0.2, 0.25) is 5.02 Å². The van der Waals surface area contributed by atoms with Crippen LogP contribution in [0.4, 0.5) is 4.39 Å². The zero-order valence-corrected chi connectivity index (χ0v) is 11.4. The maximum atomic E-state index is 13.4. The lowest BCUT2D eigenvalue weighted by molar-refractivity contribution is 0.544. The van der Waals surface area contributed by atoms with Gasteiger partial charge >= 0.3 is 0 Å². The normalized spacial score (nSPS) is 12.4. The van der Waals surface area contributed by atoms with Crippen LogP contribution in [0.1, 0.15) is 22.7 Å². The Morgan fingerprint density at radius 1 is 1.21 bits per heavy atom. The SMILES string of the molecule is Cc1cc(F)cc(C(Cc2ccc(Cl)cc2)NN)c1. The fourth-order valence-corrected chi connectivity index (χ4v) is 2.22. The van der Waals surface area contributed by atoms with E-state index >= 15 is 0 Å². The van der Waals surface area contributed by atoms with Gasteiger partial charge in [0.15, 0.2) is 0 Å². The summed E-state index contributed by atoms with van der Waals surface area (Å²) in [6, 6.07) is 12.4. The maximum Gasteiger partial charge on any atom is 0.123 e. The maximum absolute atomic E-state index is 13.4. The molecule has 0 radical (unpaired) electrons. The first kappa shape index (κ1) is 14.0. The molecule has 0 spiro atoms. The van der Waals surface area contributed by atoms with Crippen LogP contribution in [0, 0.1) is 12.7 Å². The van der Waals surface area contributed by atoms with Crippen molar-refractivity contribution in [1.82, 2.24) is 5.43 Å². The van der Waals surface area contributed by atoms with Crippen LogP contribution in [0.5, 0.6) is 0 Å².